The van der Waals surface area contributed by atoms with Gasteiger partial charge in [-0.15, -0.1) is 0 Å². The molecule has 188 valence electrons. The molecule has 1 aromatic heterocycles. The highest BCUT2D eigenvalue weighted by atomic mass is 35.5. The summed E-state index contributed by atoms with van der Waals surface area (Å²) in [7, 11) is -3.72. The number of ether oxygens (including phenoxy) is 1. The van der Waals surface area contributed by atoms with E-state index in [9.17, 15) is 13.2 Å². The van der Waals surface area contributed by atoms with E-state index in [0.717, 1.165) is 37.9 Å². The molecular formula is C26H32ClN3O4S. The fourth-order valence-electron chi connectivity index (χ4n) is 5.96. The molecule has 7 nitrogen and oxygen atoms in total. The van der Waals surface area contributed by atoms with E-state index in [4.69, 9.17) is 16.3 Å². The summed E-state index contributed by atoms with van der Waals surface area (Å²) < 4.78 is 34.6. The summed E-state index contributed by atoms with van der Waals surface area (Å²) in [4.78, 5) is 20.0. The minimum absolute atomic E-state index is 0.124. The van der Waals surface area contributed by atoms with Crippen LogP contribution in [0.2, 0.25) is 5.02 Å². The Kier molecular flexibility index (Phi) is 6.81. The summed E-state index contributed by atoms with van der Waals surface area (Å²) >= 11 is 6.21. The van der Waals surface area contributed by atoms with Gasteiger partial charge in [-0.25, -0.2) is 8.42 Å². The first-order valence-corrected chi connectivity index (χ1v) is 14.2. The Bertz CT molecular complexity index is 1180. The highest BCUT2D eigenvalue weighted by Gasteiger charge is 2.52. The third kappa shape index (κ3) is 4.68. The monoisotopic (exact) mass is 517 g/mol. The van der Waals surface area contributed by atoms with Crippen molar-refractivity contribution in [2.45, 2.75) is 68.9 Å². The molecule has 3 heterocycles. The van der Waals surface area contributed by atoms with E-state index in [0.29, 0.717) is 36.5 Å². The lowest BCUT2D eigenvalue weighted by Gasteiger charge is -2.40. The smallest absolute Gasteiger partial charge is 0.243 e. The van der Waals surface area contributed by atoms with Gasteiger partial charge < -0.3 is 9.64 Å². The molecule has 3 aliphatic rings. The SMILES string of the molecule is Cc1c(Cl)cccc1S(=O)(=O)N1CCCC2(CCN([C@H]3CC[C@@H](Oc4ccncc4)CC3)C2=O)C1. The van der Waals surface area contributed by atoms with Gasteiger partial charge in [0.25, 0.3) is 0 Å². The van der Waals surface area contributed by atoms with Gasteiger partial charge in [-0.1, -0.05) is 17.7 Å². The van der Waals surface area contributed by atoms with Crippen LogP contribution >= 0.6 is 11.6 Å². The van der Waals surface area contributed by atoms with Crippen molar-refractivity contribution >= 4 is 27.5 Å². The van der Waals surface area contributed by atoms with Crippen molar-refractivity contribution in [1.29, 1.82) is 0 Å². The number of aromatic nitrogens is 1. The summed E-state index contributed by atoms with van der Waals surface area (Å²) in [5.74, 6) is 0.955. The minimum Gasteiger partial charge on any atom is -0.490 e. The number of amides is 1. The number of piperidine rings is 1. The number of carbonyl (C=O) groups excluding carboxylic acids is 1. The van der Waals surface area contributed by atoms with Crippen molar-refractivity contribution in [3.8, 4) is 5.75 Å². The van der Waals surface area contributed by atoms with Crippen molar-refractivity contribution in [3.63, 3.8) is 0 Å². The maximum atomic E-state index is 13.7. The van der Waals surface area contributed by atoms with Crippen LogP contribution in [-0.4, -0.2) is 60.3 Å². The lowest BCUT2D eigenvalue weighted by Crippen LogP contribution is -2.51. The van der Waals surface area contributed by atoms with Crippen LogP contribution in [-0.2, 0) is 14.8 Å². The van der Waals surface area contributed by atoms with Crippen LogP contribution in [0.3, 0.4) is 0 Å². The van der Waals surface area contributed by atoms with Crippen LogP contribution in [0.4, 0.5) is 0 Å². The quantitative estimate of drug-likeness (QED) is 0.586. The van der Waals surface area contributed by atoms with Crippen LogP contribution < -0.4 is 4.74 Å². The standard InChI is InChI=1S/C26H32ClN3O4S/c1-19-23(27)4-2-5-24(19)35(32,33)29-16-3-12-26(18-29)13-17-30(25(26)31)20-6-8-21(9-7-20)34-22-10-14-28-15-11-22/h2,4-5,10-11,14-15,20-21H,3,6-9,12-13,16-18H2,1H3/t20-,21+,26?. The maximum Gasteiger partial charge on any atom is 0.243 e. The number of pyridine rings is 1. The molecule has 2 aliphatic heterocycles. The molecule has 1 amide bonds. The van der Waals surface area contributed by atoms with Crippen LogP contribution in [0.5, 0.6) is 5.75 Å². The molecule has 0 N–H and O–H groups in total. The van der Waals surface area contributed by atoms with E-state index in [1.165, 1.54) is 4.31 Å². The number of benzene rings is 1. The Morgan fingerprint density at radius 1 is 1.06 bits per heavy atom. The molecule has 0 bridgehead atoms. The zero-order chi connectivity index (χ0) is 24.6. The zero-order valence-corrected chi connectivity index (χ0v) is 21.6. The molecule has 2 saturated heterocycles. The predicted molar refractivity (Wildman–Crippen MR) is 134 cm³/mol. The van der Waals surface area contributed by atoms with E-state index in [-0.39, 0.29) is 29.5 Å². The molecule has 1 aromatic carbocycles. The van der Waals surface area contributed by atoms with Gasteiger partial charge in [-0.3, -0.25) is 9.78 Å². The number of carbonyl (C=O) groups is 1. The van der Waals surface area contributed by atoms with Crippen LogP contribution in [0.15, 0.2) is 47.6 Å². The van der Waals surface area contributed by atoms with E-state index >= 15 is 0 Å². The summed E-state index contributed by atoms with van der Waals surface area (Å²) in [5.41, 5.74) is -0.0683. The number of hydrogen-bond donors (Lipinski definition) is 0. The third-order valence-corrected chi connectivity index (χ3v) is 10.4. The first-order chi connectivity index (χ1) is 16.8. The largest absolute Gasteiger partial charge is 0.490 e. The fraction of sp³-hybridized carbons (Fsp3) is 0.538. The van der Waals surface area contributed by atoms with Gasteiger partial charge in [0.15, 0.2) is 0 Å². The van der Waals surface area contributed by atoms with Gasteiger partial charge in [0.1, 0.15) is 5.75 Å². The molecule has 1 aliphatic carbocycles. The van der Waals surface area contributed by atoms with Gasteiger partial charge in [0, 0.05) is 43.1 Å². The Morgan fingerprint density at radius 2 is 1.80 bits per heavy atom. The molecule has 2 aromatic rings. The van der Waals surface area contributed by atoms with E-state index in [1.807, 2.05) is 17.0 Å². The van der Waals surface area contributed by atoms with Gasteiger partial charge in [-0.2, -0.15) is 4.31 Å². The average Bonchev–Trinajstić information content (AvgIpc) is 3.17. The van der Waals surface area contributed by atoms with E-state index in [1.54, 1.807) is 37.5 Å². The second-order valence-electron chi connectivity index (χ2n) is 10.1. The van der Waals surface area contributed by atoms with Crippen molar-refractivity contribution in [2.24, 2.45) is 5.41 Å². The van der Waals surface area contributed by atoms with Crippen molar-refractivity contribution in [1.82, 2.24) is 14.2 Å². The first kappa shape index (κ1) is 24.5. The second kappa shape index (κ2) is 9.71. The van der Waals surface area contributed by atoms with Gasteiger partial charge >= 0.3 is 0 Å². The Hall–Kier alpha value is -2.16. The average molecular weight is 518 g/mol. The molecule has 1 unspecified atom stereocenters. The van der Waals surface area contributed by atoms with Gasteiger partial charge in [0.2, 0.25) is 15.9 Å². The molecular weight excluding hydrogens is 486 g/mol. The molecule has 5 rings (SSSR count). The molecule has 9 heteroatoms. The van der Waals surface area contributed by atoms with Crippen molar-refractivity contribution in [3.05, 3.63) is 53.3 Å². The summed E-state index contributed by atoms with van der Waals surface area (Å²) in [6, 6.07) is 8.90. The molecule has 35 heavy (non-hydrogen) atoms. The van der Waals surface area contributed by atoms with Crippen molar-refractivity contribution in [2.75, 3.05) is 19.6 Å². The number of nitrogens with zero attached hydrogens (tertiary/aromatic N) is 3. The van der Waals surface area contributed by atoms with E-state index < -0.39 is 15.4 Å². The predicted octanol–water partition coefficient (Wildman–Crippen LogP) is 4.44. The molecule has 1 saturated carbocycles. The maximum absolute atomic E-state index is 13.7. The Labute approximate surface area is 212 Å². The zero-order valence-electron chi connectivity index (χ0n) is 20.0. The molecule has 0 radical (unpaired) electrons. The lowest BCUT2D eigenvalue weighted by molar-refractivity contribution is -0.140. The Balaban J connectivity index is 1.25. The number of halogens is 1. The van der Waals surface area contributed by atoms with Gasteiger partial charge in [-0.05, 0) is 81.7 Å². The first-order valence-electron chi connectivity index (χ1n) is 12.4. The summed E-state index contributed by atoms with van der Waals surface area (Å²) in [5, 5.41) is 0.435. The summed E-state index contributed by atoms with van der Waals surface area (Å²) in [6.07, 6.45) is 9.35. The number of sulfonamides is 1. The normalized spacial score (nSPS) is 27.9. The number of likely N-dealkylation sites (tertiary alicyclic amines) is 1. The van der Waals surface area contributed by atoms with E-state index in [2.05, 4.69) is 4.98 Å². The highest BCUT2D eigenvalue weighted by molar-refractivity contribution is 7.89. The van der Waals surface area contributed by atoms with Crippen molar-refractivity contribution < 1.29 is 17.9 Å². The minimum atomic E-state index is -3.72. The van der Waals surface area contributed by atoms with Crippen LogP contribution in [0.25, 0.3) is 0 Å². The summed E-state index contributed by atoms with van der Waals surface area (Å²) in [6.45, 7) is 3.10. The number of rotatable bonds is 5. The Morgan fingerprint density at radius 3 is 2.54 bits per heavy atom. The number of hydrogen-bond acceptors (Lipinski definition) is 5. The molecule has 1 spiro atoms. The molecule has 3 fully saturated rings. The fourth-order valence-corrected chi connectivity index (χ4v) is 8.00. The van der Waals surface area contributed by atoms with Crippen LogP contribution in [0, 0.1) is 12.3 Å². The van der Waals surface area contributed by atoms with Gasteiger partial charge in [0.05, 0.1) is 16.4 Å². The topological polar surface area (TPSA) is 79.8 Å². The second-order valence-corrected chi connectivity index (χ2v) is 12.4. The third-order valence-electron chi connectivity index (χ3n) is 7.96. The lowest BCUT2D eigenvalue weighted by atomic mass is 9.79. The highest BCUT2D eigenvalue weighted by Crippen LogP contribution is 2.44. The van der Waals surface area contributed by atoms with Crippen LogP contribution in [0.1, 0.15) is 50.5 Å². The molecule has 1 atom stereocenters.